The normalized spacial score (nSPS) is 17.5. The Labute approximate surface area is 134 Å². The summed E-state index contributed by atoms with van der Waals surface area (Å²) in [6, 6.07) is 6.09. The van der Waals surface area contributed by atoms with Crippen molar-refractivity contribution in [3.8, 4) is 0 Å². The lowest BCUT2D eigenvalue weighted by molar-refractivity contribution is 0.283. The van der Waals surface area contributed by atoms with Gasteiger partial charge in [0.05, 0.1) is 12.2 Å². The van der Waals surface area contributed by atoms with Gasteiger partial charge in [-0.05, 0) is 50.7 Å². The van der Waals surface area contributed by atoms with Crippen LogP contribution in [0.15, 0.2) is 23.2 Å². The summed E-state index contributed by atoms with van der Waals surface area (Å²) in [6.45, 7) is 8.96. The molecule has 0 spiro atoms. The number of aliphatic imine (C=N–C) groups is 1. The number of aromatic nitrogens is 1. The van der Waals surface area contributed by atoms with Crippen molar-refractivity contribution in [3.63, 3.8) is 0 Å². The van der Waals surface area contributed by atoms with Gasteiger partial charge in [0, 0.05) is 18.8 Å². The number of aryl methyl sites for hydroxylation is 1. The predicted molar refractivity (Wildman–Crippen MR) is 93.0 cm³/mol. The summed E-state index contributed by atoms with van der Waals surface area (Å²) in [7, 11) is 0. The number of hydrogen-bond acceptors (Lipinski definition) is 2. The molecule has 0 amide bonds. The molecule has 0 radical (unpaired) electrons. The van der Waals surface area contributed by atoms with E-state index in [0.29, 0.717) is 12.0 Å². The minimum atomic E-state index is 0.470. The van der Waals surface area contributed by atoms with Gasteiger partial charge in [0.25, 0.3) is 0 Å². The molecule has 22 heavy (non-hydrogen) atoms. The Hall–Kier alpha value is -1.58. The van der Waals surface area contributed by atoms with Crippen LogP contribution >= 0.6 is 0 Å². The monoisotopic (exact) mass is 302 g/mol. The van der Waals surface area contributed by atoms with Crippen LogP contribution in [0.2, 0.25) is 0 Å². The second-order valence-corrected chi connectivity index (χ2v) is 6.38. The molecule has 0 unspecified atom stereocenters. The van der Waals surface area contributed by atoms with E-state index in [2.05, 4.69) is 34.5 Å². The summed E-state index contributed by atoms with van der Waals surface area (Å²) in [5.41, 5.74) is 2.53. The third kappa shape index (κ3) is 4.72. The fraction of sp³-hybridized carbons (Fsp3) is 0.667. The Morgan fingerprint density at radius 2 is 2.00 bits per heavy atom. The van der Waals surface area contributed by atoms with E-state index < -0.39 is 0 Å². The largest absolute Gasteiger partial charge is 0.357 e. The average Bonchev–Trinajstić information content (AvgIpc) is 3.00. The number of guanidine groups is 1. The highest BCUT2D eigenvalue weighted by Gasteiger charge is 2.31. The molecular formula is C18H30N4. The zero-order valence-corrected chi connectivity index (χ0v) is 14.3. The first-order valence-electron chi connectivity index (χ1n) is 8.62. The smallest absolute Gasteiger partial charge is 0.191 e. The highest BCUT2D eigenvalue weighted by molar-refractivity contribution is 5.79. The van der Waals surface area contributed by atoms with Gasteiger partial charge in [0.15, 0.2) is 5.96 Å². The lowest BCUT2D eigenvalue weighted by Gasteiger charge is -2.28. The predicted octanol–water partition coefficient (Wildman–Crippen LogP) is 3.42. The maximum absolute atomic E-state index is 4.68. The number of pyridine rings is 1. The van der Waals surface area contributed by atoms with Crippen LogP contribution in [0.4, 0.5) is 0 Å². The van der Waals surface area contributed by atoms with E-state index in [-0.39, 0.29) is 0 Å². The molecule has 0 atom stereocenters. The van der Waals surface area contributed by atoms with Crippen molar-refractivity contribution in [1.29, 1.82) is 0 Å². The standard InChI is InChI=1S/C18H30N4/c1-4-18(11-6-7-12-18)14-21-17(19-5-2)20-13-16-10-8-9-15(3)22-16/h8-10H,4-7,11-14H2,1-3H3,(H2,19,20,21). The molecule has 2 N–H and O–H groups in total. The minimum absolute atomic E-state index is 0.470. The van der Waals surface area contributed by atoms with Crippen LogP contribution in [0.5, 0.6) is 0 Å². The van der Waals surface area contributed by atoms with Crippen molar-refractivity contribution in [2.45, 2.75) is 59.4 Å². The van der Waals surface area contributed by atoms with Gasteiger partial charge in [-0.1, -0.05) is 25.8 Å². The Balaban J connectivity index is 1.95. The second-order valence-electron chi connectivity index (χ2n) is 6.38. The molecule has 1 aromatic heterocycles. The Morgan fingerprint density at radius 3 is 2.64 bits per heavy atom. The van der Waals surface area contributed by atoms with Gasteiger partial charge >= 0.3 is 0 Å². The summed E-state index contributed by atoms with van der Waals surface area (Å²) in [5.74, 6) is 0.908. The average molecular weight is 302 g/mol. The van der Waals surface area contributed by atoms with Crippen LogP contribution in [-0.2, 0) is 6.54 Å². The first-order valence-corrected chi connectivity index (χ1v) is 8.62. The molecule has 2 rings (SSSR count). The van der Waals surface area contributed by atoms with E-state index in [1.165, 1.54) is 32.1 Å². The van der Waals surface area contributed by atoms with Gasteiger partial charge in [-0.3, -0.25) is 4.98 Å². The van der Waals surface area contributed by atoms with Gasteiger partial charge < -0.3 is 10.6 Å². The molecule has 0 saturated heterocycles. The van der Waals surface area contributed by atoms with Gasteiger partial charge in [0.1, 0.15) is 0 Å². The fourth-order valence-corrected chi connectivity index (χ4v) is 3.24. The van der Waals surface area contributed by atoms with Gasteiger partial charge in [-0.2, -0.15) is 0 Å². The van der Waals surface area contributed by atoms with Crippen molar-refractivity contribution in [1.82, 2.24) is 15.6 Å². The molecule has 4 heteroatoms. The second kappa shape index (κ2) is 8.16. The summed E-state index contributed by atoms with van der Waals surface area (Å²) in [4.78, 5) is 9.19. The maximum atomic E-state index is 4.68. The van der Waals surface area contributed by atoms with Crippen LogP contribution in [0.25, 0.3) is 0 Å². The van der Waals surface area contributed by atoms with Crippen molar-refractivity contribution in [3.05, 3.63) is 29.6 Å². The molecule has 0 aromatic carbocycles. The lowest BCUT2D eigenvalue weighted by atomic mass is 9.83. The first kappa shape index (κ1) is 16.8. The quantitative estimate of drug-likeness (QED) is 0.625. The van der Waals surface area contributed by atoms with E-state index >= 15 is 0 Å². The highest BCUT2D eigenvalue weighted by Crippen LogP contribution is 2.40. The fourth-order valence-electron chi connectivity index (χ4n) is 3.24. The van der Waals surface area contributed by atoms with Crippen LogP contribution in [0.3, 0.4) is 0 Å². The maximum Gasteiger partial charge on any atom is 0.191 e. The molecule has 1 aromatic rings. The number of hydrogen-bond donors (Lipinski definition) is 2. The Kier molecular flexibility index (Phi) is 6.22. The molecule has 4 nitrogen and oxygen atoms in total. The van der Waals surface area contributed by atoms with E-state index in [1.807, 2.05) is 25.1 Å². The van der Waals surface area contributed by atoms with Gasteiger partial charge in [0.2, 0.25) is 0 Å². The molecule has 1 aliphatic rings. The molecule has 1 fully saturated rings. The third-order valence-corrected chi connectivity index (χ3v) is 4.73. The third-order valence-electron chi connectivity index (χ3n) is 4.73. The zero-order chi connectivity index (χ0) is 15.8. The van der Waals surface area contributed by atoms with Gasteiger partial charge in [-0.25, -0.2) is 4.99 Å². The molecular weight excluding hydrogens is 272 g/mol. The van der Waals surface area contributed by atoms with Gasteiger partial charge in [-0.15, -0.1) is 0 Å². The minimum Gasteiger partial charge on any atom is -0.357 e. The molecule has 122 valence electrons. The summed E-state index contributed by atoms with van der Waals surface area (Å²) < 4.78 is 0. The number of nitrogens with zero attached hydrogens (tertiary/aromatic N) is 2. The lowest BCUT2D eigenvalue weighted by Crippen LogP contribution is -2.42. The first-order chi connectivity index (χ1) is 10.7. The SMILES string of the molecule is CCNC(=NCc1cccc(C)n1)NCC1(CC)CCCC1. The van der Waals surface area contributed by atoms with E-state index in [4.69, 9.17) is 0 Å². The molecule has 1 heterocycles. The summed E-state index contributed by atoms with van der Waals surface area (Å²) in [6.07, 6.45) is 6.68. The molecule has 1 aliphatic carbocycles. The van der Waals surface area contributed by atoms with Crippen LogP contribution < -0.4 is 10.6 Å². The van der Waals surface area contributed by atoms with Crippen molar-refractivity contribution in [2.75, 3.05) is 13.1 Å². The van der Waals surface area contributed by atoms with Crippen LogP contribution in [0, 0.1) is 12.3 Å². The Bertz CT molecular complexity index is 490. The molecule has 1 saturated carbocycles. The Morgan fingerprint density at radius 1 is 1.23 bits per heavy atom. The van der Waals surface area contributed by atoms with E-state index in [1.54, 1.807) is 0 Å². The van der Waals surface area contributed by atoms with Crippen molar-refractivity contribution in [2.24, 2.45) is 10.4 Å². The van der Waals surface area contributed by atoms with Crippen molar-refractivity contribution >= 4 is 5.96 Å². The van der Waals surface area contributed by atoms with Crippen molar-refractivity contribution < 1.29 is 0 Å². The van der Waals surface area contributed by atoms with E-state index in [0.717, 1.165) is 30.4 Å². The summed E-state index contributed by atoms with van der Waals surface area (Å²) >= 11 is 0. The number of nitrogens with one attached hydrogen (secondary N) is 2. The zero-order valence-electron chi connectivity index (χ0n) is 14.3. The van der Waals surface area contributed by atoms with E-state index in [9.17, 15) is 0 Å². The summed E-state index contributed by atoms with van der Waals surface area (Å²) in [5, 5.41) is 6.89. The highest BCUT2D eigenvalue weighted by atomic mass is 15.2. The molecule has 0 aliphatic heterocycles. The topological polar surface area (TPSA) is 49.3 Å². The molecule has 0 bridgehead atoms. The van der Waals surface area contributed by atoms with Crippen LogP contribution in [-0.4, -0.2) is 24.0 Å². The van der Waals surface area contributed by atoms with Crippen LogP contribution in [0.1, 0.15) is 57.3 Å². The number of rotatable bonds is 6.